The normalized spacial score (nSPS) is 7.39. The van der Waals surface area contributed by atoms with E-state index < -0.39 is 0 Å². The fourth-order valence-electron chi connectivity index (χ4n) is 0.879. The van der Waals surface area contributed by atoms with Crippen molar-refractivity contribution in [2.24, 2.45) is 0 Å². The largest absolute Gasteiger partial charge is 0.368 e. The number of carbonyl (C=O) groups excluding carboxylic acids is 1. The number of nitrogens with zero attached hydrogens (tertiary/aromatic N) is 2. The predicted octanol–water partition coefficient (Wildman–Crippen LogP) is 4.83. The summed E-state index contributed by atoms with van der Waals surface area (Å²) in [7, 11) is 0. The zero-order valence-corrected chi connectivity index (χ0v) is 18.0. The Labute approximate surface area is 157 Å². The molecule has 0 saturated heterocycles. The van der Waals surface area contributed by atoms with Gasteiger partial charge in [0.05, 0.1) is 11.0 Å². The summed E-state index contributed by atoms with van der Waals surface area (Å²) in [4.78, 5) is 20.5. The number of nitrogens with one attached hydrogen (secondary N) is 1. The first-order valence-electron chi connectivity index (χ1n) is 6.55. The quantitative estimate of drug-likeness (QED) is 0.618. The molecule has 3 heterocycles. The molecule has 3 aromatic heterocycles. The van der Waals surface area contributed by atoms with Crippen molar-refractivity contribution in [2.75, 3.05) is 0 Å². The number of halogens is 1. The monoisotopic (exact) mass is 407 g/mol. The third kappa shape index (κ3) is 23.2. The zero-order valence-electron chi connectivity index (χ0n) is 13.4. The second-order valence-corrected chi connectivity index (χ2v) is 4.99. The standard InChI is InChI=1S/C5H10O.C4H5N.2C3H3NS.FH.Zn/c1-3-5(6)4-2;1-2-4-5-3-1;2*1-2-5-3-4-1;;/h3-4H2,1-2H3;1-5H;2*1-3H;1H;. The van der Waals surface area contributed by atoms with Gasteiger partial charge in [-0.1, -0.05) is 13.8 Å². The first-order valence-corrected chi connectivity index (χ1v) is 8.43. The number of rotatable bonds is 2. The van der Waals surface area contributed by atoms with Crippen molar-refractivity contribution in [3.63, 3.8) is 0 Å². The van der Waals surface area contributed by atoms with Gasteiger partial charge in [0, 0.05) is 67.9 Å². The van der Waals surface area contributed by atoms with Gasteiger partial charge in [-0.05, 0) is 12.1 Å². The van der Waals surface area contributed by atoms with Crippen molar-refractivity contribution in [2.45, 2.75) is 26.7 Å². The number of thiazole rings is 2. The molecule has 0 aliphatic rings. The van der Waals surface area contributed by atoms with E-state index in [-0.39, 0.29) is 24.2 Å². The molecule has 3 rings (SSSR count). The van der Waals surface area contributed by atoms with Crippen LogP contribution in [-0.4, -0.2) is 20.7 Å². The van der Waals surface area contributed by atoms with Crippen LogP contribution >= 0.6 is 22.7 Å². The Morgan fingerprint density at radius 3 is 1.48 bits per heavy atom. The fourth-order valence-corrected chi connectivity index (χ4v) is 1.58. The molecule has 8 heteroatoms. The van der Waals surface area contributed by atoms with Gasteiger partial charge in [0.25, 0.3) is 0 Å². The van der Waals surface area contributed by atoms with E-state index >= 15 is 0 Å². The number of hydrogen-bond acceptors (Lipinski definition) is 5. The van der Waals surface area contributed by atoms with E-state index in [0.29, 0.717) is 18.6 Å². The summed E-state index contributed by atoms with van der Waals surface area (Å²) in [6.07, 6.45) is 8.67. The predicted molar refractivity (Wildman–Crippen MR) is 93.1 cm³/mol. The molecule has 0 unspecified atom stereocenters. The number of carbonyl (C=O) groups is 1. The van der Waals surface area contributed by atoms with E-state index in [1.165, 1.54) is 0 Å². The number of hydrogen-bond donors (Lipinski definition) is 1. The molecule has 0 aliphatic carbocycles. The van der Waals surface area contributed by atoms with Crippen molar-refractivity contribution >= 4 is 28.5 Å². The Kier molecular flexibility index (Phi) is 26.7. The van der Waals surface area contributed by atoms with Crippen LogP contribution in [0, 0.1) is 0 Å². The van der Waals surface area contributed by atoms with E-state index in [0.717, 1.165) is 0 Å². The van der Waals surface area contributed by atoms with E-state index in [9.17, 15) is 4.79 Å². The molecular weight excluding hydrogens is 387 g/mol. The fraction of sp³-hybridized carbons (Fsp3) is 0.267. The molecule has 0 fully saturated rings. The average molecular weight is 409 g/mol. The summed E-state index contributed by atoms with van der Waals surface area (Å²) in [6.45, 7) is 3.76. The summed E-state index contributed by atoms with van der Waals surface area (Å²) in [6, 6.07) is 3.89. The number of ketones is 1. The Balaban J connectivity index is -0.000000225. The van der Waals surface area contributed by atoms with E-state index in [1.807, 2.05) is 49.1 Å². The van der Waals surface area contributed by atoms with Crippen LogP contribution in [0.3, 0.4) is 0 Å². The molecule has 124 valence electrons. The molecule has 0 saturated carbocycles. The molecule has 0 aliphatic heterocycles. The van der Waals surface area contributed by atoms with Gasteiger partial charge >= 0.3 is 0 Å². The van der Waals surface area contributed by atoms with Crippen LogP contribution in [0.1, 0.15) is 26.7 Å². The van der Waals surface area contributed by atoms with Crippen molar-refractivity contribution in [1.82, 2.24) is 15.0 Å². The van der Waals surface area contributed by atoms with Crippen LogP contribution in [-0.2, 0) is 24.3 Å². The summed E-state index contributed by atoms with van der Waals surface area (Å²) in [5.41, 5.74) is 3.58. The number of Topliss-reactive ketones (excluding diaryl/α,β-unsaturated/α-hetero) is 1. The van der Waals surface area contributed by atoms with Gasteiger partial charge in [-0.3, -0.25) is 19.5 Å². The second-order valence-electron chi connectivity index (χ2n) is 3.48. The van der Waals surface area contributed by atoms with Crippen LogP contribution in [0.15, 0.2) is 58.7 Å². The molecule has 4 nitrogen and oxygen atoms in total. The molecule has 0 aromatic carbocycles. The van der Waals surface area contributed by atoms with Crippen LogP contribution in [0.2, 0.25) is 0 Å². The third-order valence-electron chi connectivity index (χ3n) is 1.98. The number of aromatic nitrogens is 3. The van der Waals surface area contributed by atoms with Gasteiger partial charge in [-0.15, -0.1) is 22.7 Å². The maximum atomic E-state index is 10.2. The molecule has 0 radical (unpaired) electrons. The molecule has 0 bridgehead atoms. The van der Waals surface area contributed by atoms with Gasteiger partial charge in [0.15, 0.2) is 0 Å². The third-order valence-corrected chi connectivity index (χ3v) is 3.02. The van der Waals surface area contributed by atoms with E-state index in [4.69, 9.17) is 0 Å². The molecule has 23 heavy (non-hydrogen) atoms. The first-order chi connectivity index (χ1) is 10.3. The van der Waals surface area contributed by atoms with Crippen molar-refractivity contribution in [1.29, 1.82) is 0 Å². The molecule has 0 spiro atoms. The molecular formula is C15H22FN3OS2Zn. The summed E-state index contributed by atoms with van der Waals surface area (Å²) < 4.78 is 0. The SMILES string of the molecule is CCC(=O)CC.F.[Zn].c1cc[nH]c1.c1cscn1.c1cscn1. The minimum Gasteiger partial charge on any atom is -0.368 e. The summed E-state index contributed by atoms with van der Waals surface area (Å²) in [5.74, 6) is 0.343. The van der Waals surface area contributed by atoms with Crippen LogP contribution < -0.4 is 0 Å². The smallest absolute Gasteiger partial charge is 0.132 e. The number of aromatic amines is 1. The first kappa shape index (κ1) is 26.7. The second kappa shape index (κ2) is 23.0. The summed E-state index contributed by atoms with van der Waals surface area (Å²) >= 11 is 3.20. The van der Waals surface area contributed by atoms with Gasteiger partial charge in [-0.25, -0.2) is 0 Å². The molecule has 0 amide bonds. The van der Waals surface area contributed by atoms with Crippen LogP contribution in [0.4, 0.5) is 4.70 Å². The molecule has 0 atom stereocenters. The number of H-pyrrole nitrogens is 1. The minimum atomic E-state index is 0. The zero-order chi connectivity index (χ0) is 15.6. The Hall–Kier alpha value is -1.24. The Morgan fingerprint density at radius 2 is 1.39 bits per heavy atom. The van der Waals surface area contributed by atoms with E-state index in [1.54, 1.807) is 46.1 Å². The van der Waals surface area contributed by atoms with Crippen LogP contribution in [0.25, 0.3) is 0 Å². The molecule has 1 N–H and O–H groups in total. The topological polar surface area (TPSA) is 58.6 Å². The maximum Gasteiger partial charge on any atom is 0.132 e. The van der Waals surface area contributed by atoms with Gasteiger partial charge in [-0.2, -0.15) is 0 Å². The Bertz CT molecular complexity index is 371. The molecule has 3 aromatic rings. The van der Waals surface area contributed by atoms with Gasteiger partial charge < -0.3 is 4.98 Å². The summed E-state index contributed by atoms with van der Waals surface area (Å²) in [5, 5.41) is 3.86. The van der Waals surface area contributed by atoms with Gasteiger partial charge in [0.1, 0.15) is 5.78 Å². The van der Waals surface area contributed by atoms with E-state index in [2.05, 4.69) is 15.0 Å². The average Bonchev–Trinajstić information content (AvgIpc) is 3.34. The Morgan fingerprint density at radius 1 is 0.957 bits per heavy atom. The maximum absolute atomic E-state index is 10.2. The van der Waals surface area contributed by atoms with Crippen molar-refractivity contribution in [3.05, 3.63) is 58.7 Å². The van der Waals surface area contributed by atoms with Crippen molar-refractivity contribution < 1.29 is 29.0 Å². The van der Waals surface area contributed by atoms with Crippen molar-refractivity contribution in [3.8, 4) is 0 Å². The minimum absolute atomic E-state index is 0. The van der Waals surface area contributed by atoms with Gasteiger partial charge in [0.2, 0.25) is 0 Å². The van der Waals surface area contributed by atoms with Crippen LogP contribution in [0.5, 0.6) is 0 Å².